The number of nitro benzene ring substituents is 1. The third-order valence-corrected chi connectivity index (χ3v) is 2.79. The van der Waals surface area contributed by atoms with Crippen LogP contribution in [-0.2, 0) is 0 Å². The van der Waals surface area contributed by atoms with Crippen LogP contribution >= 0.6 is 28.3 Å². The average molecular weight is 363 g/mol. The largest absolute Gasteiger partial charge is 0.335 e. The van der Waals surface area contributed by atoms with Crippen molar-refractivity contribution in [1.29, 1.82) is 0 Å². The van der Waals surface area contributed by atoms with Crippen LogP contribution in [0.1, 0.15) is 5.56 Å². The van der Waals surface area contributed by atoms with Gasteiger partial charge in [0.15, 0.2) is 0 Å². The van der Waals surface area contributed by atoms with Gasteiger partial charge in [-0.05, 0) is 22.0 Å². The first-order chi connectivity index (χ1) is 9.08. The Labute approximate surface area is 127 Å². The quantitative estimate of drug-likeness (QED) is 0.368. The molecule has 0 bridgehead atoms. The van der Waals surface area contributed by atoms with E-state index in [1.54, 1.807) is 12.1 Å². The van der Waals surface area contributed by atoms with E-state index in [2.05, 4.69) is 36.7 Å². The minimum atomic E-state index is -0.481. The first kappa shape index (κ1) is 15.9. The van der Waals surface area contributed by atoms with Gasteiger partial charge in [0, 0.05) is 11.6 Å². The Bertz CT molecular complexity index is 645. The Hall–Kier alpha value is -2.20. The van der Waals surface area contributed by atoms with Crippen LogP contribution in [0, 0.1) is 10.1 Å². The van der Waals surface area contributed by atoms with Crippen molar-refractivity contribution < 1.29 is 4.92 Å². The lowest BCUT2D eigenvalue weighted by Crippen LogP contribution is -2.10. The number of aromatic nitrogens is 3. The van der Waals surface area contributed by atoms with Gasteiger partial charge in [0.1, 0.15) is 6.33 Å². The van der Waals surface area contributed by atoms with Crippen molar-refractivity contribution in [2.24, 2.45) is 5.10 Å². The minimum Gasteiger partial charge on any atom is -0.335 e. The number of nitrogen functional groups attached to an aromatic ring is 1. The van der Waals surface area contributed by atoms with Crippen molar-refractivity contribution in [2.75, 3.05) is 11.3 Å². The van der Waals surface area contributed by atoms with E-state index in [1.165, 1.54) is 18.6 Å². The van der Waals surface area contributed by atoms with Gasteiger partial charge in [0.2, 0.25) is 0 Å². The highest BCUT2D eigenvalue weighted by Gasteiger charge is 2.11. The highest BCUT2D eigenvalue weighted by atomic mass is 79.9. The third kappa shape index (κ3) is 3.65. The lowest BCUT2D eigenvalue weighted by Gasteiger charge is -1.99. The molecule has 2 aromatic rings. The van der Waals surface area contributed by atoms with E-state index >= 15 is 0 Å². The molecule has 0 spiro atoms. The molecule has 0 aliphatic carbocycles. The number of nitrogens with two attached hydrogens (primary N) is 1. The molecule has 3 N–H and O–H groups in total. The van der Waals surface area contributed by atoms with E-state index in [9.17, 15) is 10.1 Å². The molecule has 0 saturated heterocycles. The number of nitrogens with one attached hydrogen (secondary N) is 1. The second-order valence-electron chi connectivity index (χ2n) is 3.40. The maximum Gasteiger partial charge on any atom is 0.284 e. The zero-order valence-electron chi connectivity index (χ0n) is 9.80. The SMILES string of the molecule is Cl.Nn1cnnc1N/N=C/c1ccc(Br)c([N+](=O)[O-])c1. The minimum absolute atomic E-state index is 0. The highest BCUT2D eigenvalue weighted by molar-refractivity contribution is 9.10. The van der Waals surface area contributed by atoms with Crippen molar-refractivity contribution in [3.8, 4) is 0 Å². The van der Waals surface area contributed by atoms with Crippen LogP contribution in [0.3, 0.4) is 0 Å². The van der Waals surface area contributed by atoms with Gasteiger partial charge in [-0.25, -0.2) is 10.1 Å². The summed E-state index contributed by atoms with van der Waals surface area (Å²) in [5, 5.41) is 21.8. The number of hydrogen-bond acceptors (Lipinski definition) is 7. The molecule has 0 saturated carbocycles. The fourth-order valence-electron chi connectivity index (χ4n) is 1.24. The topological polar surface area (TPSA) is 124 Å². The van der Waals surface area contributed by atoms with Crippen LogP contribution < -0.4 is 11.3 Å². The molecule has 0 fully saturated rings. The zero-order chi connectivity index (χ0) is 13.8. The monoisotopic (exact) mass is 361 g/mol. The standard InChI is InChI=1S/C9H8BrN7O2.ClH/c10-7-2-1-6(3-8(7)17(18)19)4-12-14-9-15-13-5-16(9)11;/h1-5H,11H2,(H,14,15);1H/b12-4+;. The number of nitrogens with zero attached hydrogens (tertiary/aromatic N) is 5. The van der Waals surface area contributed by atoms with Crippen molar-refractivity contribution in [2.45, 2.75) is 0 Å². The van der Waals surface area contributed by atoms with Crippen molar-refractivity contribution >= 4 is 46.2 Å². The zero-order valence-corrected chi connectivity index (χ0v) is 12.2. The Morgan fingerprint density at radius 2 is 2.30 bits per heavy atom. The molecule has 0 aliphatic rings. The summed E-state index contributed by atoms with van der Waals surface area (Å²) >= 11 is 3.10. The molecule has 1 aromatic heterocycles. The fourth-order valence-corrected chi connectivity index (χ4v) is 1.63. The van der Waals surface area contributed by atoms with E-state index in [1.807, 2.05) is 0 Å². The Kier molecular flexibility index (Phi) is 5.41. The molecule has 2 rings (SSSR count). The van der Waals surface area contributed by atoms with Crippen LogP contribution in [0.25, 0.3) is 0 Å². The number of anilines is 1. The first-order valence-corrected chi connectivity index (χ1v) is 5.75. The van der Waals surface area contributed by atoms with E-state index in [0.717, 1.165) is 4.68 Å². The normalized spacial score (nSPS) is 10.2. The summed E-state index contributed by atoms with van der Waals surface area (Å²) in [6.45, 7) is 0. The summed E-state index contributed by atoms with van der Waals surface area (Å²) in [6.07, 6.45) is 2.72. The summed E-state index contributed by atoms with van der Waals surface area (Å²) in [4.78, 5) is 10.3. The Morgan fingerprint density at radius 3 is 2.90 bits per heavy atom. The van der Waals surface area contributed by atoms with E-state index in [0.29, 0.717) is 10.0 Å². The van der Waals surface area contributed by atoms with Crippen LogP contribution in [0.5, 0.6) is 0 Å². The molecular formula is C9H9BrClN7O2. The molecule has 9 nitrogen and oxygen atoms in total. The number of benzene rings is 1. The summed E-state index contributed by atoms with van der Waals surface area (Å²) < 4.78 is 1.56. The second-order valence-corrected chi connectivity index (χ2v) is 4.25. The molecule has 1 aromatic carbocycles. The Balaban J connectivity index is 0.00000200. The van der Waals surface area contributed by atoms with Crippen molar-refractivity contribution in [3.05, 3.63) is 44.7 Å². The van der Waals surface area contributed by atoms with Gasteiger partial charge in [-0.15, -0.1) is 22.6 Å². The first-order valence-electron chi connectivity index (χ1n) is 4.96. The van der Waals surface area contributed by atoms with E-state index < -0.39 is 4.92 Å². The average Bonchev–Trinajstić information content (AvgIpc) is 2.77. The third-order valence-electron chi connectivity index (χ3n) is 2.12. The molecular weight excluding hydrogens is 354 g/mol. The maximum atomic E-state index is 10.8. The van der Waals surface area contributed by atoms with Crippen LogP contribution in [0.15, 0.2) is 34.1 Å². The molecule has 1 heterocycles. The molecule has 0 unspecified atom stereocenters. The number of rotatable bonds is 4. The lowest BCUT2D eigenvalue weighted by molar-refractivity contribution is -0.385. The van der Waals surface area contributed by atoms with E-state index in [4.69, 9.17) is 5.84 Å². The van der Waals surface area contributed by atoms with Crippen LogP contribution in [-0.4, -0.2) is 26.0 Å². The van der Waals surface area contributed by atoms with Crippen LogP contribution in [0.2, 0.25) is 0 Å². The molecule has 0 aliphatic heterocycles. The summed E-state index contributed by atoms with van der Waals surface area (Å²) in [6, 6.07) is 4.64. The van der Waals surface area contributed by atoms with Gasteiger partial charge >= 0.3 is 0 Å². The lowest BCUT2D eigenvalue weighted by atomic mass is 10.2. The summed E-state index contributed by atoms with van der Waals surface area (Å²) in [7, 11) is 0. The smallest absolute Gasteiger partial charge is 0.284 e. The van der Waals surface area contributed by atoms with Gasteiger partial charge < -0.3 is 5.84 Å². The molecule has 20 heavy (non-hydrogen) atoms. The van der Waals surface area contributed by atoms with Crippen molar-refractivity contribution in [3.63, 3.8) is 0 Å². The fraction of sp³-hybridized carbons (Fsp3) is 0. The van der Waals surface area contributed by atoms with E-state index in [-0.39, 0.29) is 24.0 Å². The summed E-state index contributed by atoms with van der Waals surface area (Å²) in [5.74, 6) is 5.72. The second kappa shape index (κ2) is 6.82. The maximum absolute atomic E-state index is 10.8. The van der Waals surface area contributed by atoms with Gasteiger partial charge in [0.25, 0.3) is 11.6 Å². The van der Waals surface area contributed by atoms with Gasteiger partial charge in [-0.2, -0.15) is 5.10 Å². The van der Waals surface area contributed by atoms with Crippen molar-refractivity contribution in [1.82, 2.24) is 14.9 Å². The molecule has 11 heteroatoms. The van der Waals surface area contributed by atoms with Gasteiger partial charge in [0.05, 0.1) is 15.6 Å². The number of halogens is 2. The molecule has 0 amide bonds. The molecule has 106 valence electrons. The number of nitro groups is 1. The van der Waals surface area contributed by atoms with Gasteiger partial charge in [-0.1, -0.05) is 6.07 Å². The number of hydrazone groups is 1. The Morgan fingerprint density at radius 1 is 1.55 bits per heavy atom. The predicted octanol–water partition coefficient (Wildman–Crippen LogP) is 1.53. The highest BCUT2D eigenvalue weighted by Crippen LogP contribution is 2.24. The van der Waals surface area contributed by atoms with Gasteiger partial charge in [-0.3, -0.25) is 10.1 Å². The summed E-state index contributed by atoms with van der Waals surface area (Å²) in [5.41, 5.74) is 3.08. The van der Waals surface area contributed by atoms with Crippen LogP contribution in [0.4, 0.5) is 11.6 Å². The predicted molar refractivity (Wildman–Crippen MR) is 79.4 cm³/mol. The molecule has 0 atom stereocenters. The molecule has 0 radical (unpaired) electrons. The number of hydrogen-bond donors (Lipinski definition) is 2.